The van der Waals surface area contributed by atoms with Crippen LogP contribution in [0.4, 0.5) is 11.4 Å². The van der Waals surface area contributed by atoms with Gasteiger partial charge in [0.1, 0.15) is 0 Å². The maximum absolute atomic E-state index is 12.9. The summed E-state index contributed by atoms with van der Waals surface area (Å²) in [6.07, 6.45) is 7.19. The summed E-state index contributed by atoms with van der Waals surface area (Å²) in [7, 11) is 0. The fourth-order valence-electron chi connectivity index (χ4n) is 3.33. The van der Waals surface area contributed by atoms with Gasteiger partial charge in [-0.05, 0) is 60.7 Å². The predicted molar refractivity (Wildman–Crippen MR) is 135 cm³/mol. The van der Waals surface area contributed by atoms with E-state index in [0.717, 1.165) is 35.1 Å². The third-order valence-electron chi connectivity index (χ3n) is 5.41. The van der Waals surface area contributed by atoms with Crippen molar-refractivity contribution in [2.24, 2.45) is 0 Å². The molecule has 0 atom stereocenters. The van der Waals surface area contributed by atoms with Gasteiger partial charge in [-0.15, -0.1) is 0 Å². The Kier molecular flexibility index (Phi) is 6.69. The molecule has 0 aliphatic heterocycles. The molecule has 0 saturated heterocycles. The minimum Gasteiger partial charge on any atom is -0.397 e. The van der Waals surface area contributed by atoms with Crippen molar-refractivity contribution in [1.29, 1.82) is 0 Å². The highest BCUT2D eigenvalue weighted by Gasteiger charge is 2.25. The smallest absolute Gasteiger partial charge is 0.252 e. The summed E-state index contributed by atoms with van der Waals surface area (Å²) in [5.41, 5.74) is 11.4. The molecule has 1 aliphatic rings. The zero-order valence-electron chi connectivity index (χ0n) is 18.5. The fourth-order valence-corrected chi connectivity index (χ4v) is 3.33. The molecule has 33 heavy (non-hydrogen) atoms. The van der Waals surface area contributed by atoms with Crippen molar-refractivity contribution in [1.82, 2.24) is 5.32 Å². The van der Waals surface area contributed by atoms with E-state index in [1.807, 2.05) is 73.7 Å². The lowest BCUT2D eigenvalue weighted by Gasteiger charge is -2.10. The molecule has 1 saturated carbocycles. The lowest BCUT2D eigenvalue weighted by molar-refractivity contribution is -0.115. The van der Waals surface area contributed by atoms with Crippen LogP contribution >= 0.6 is 0 Å². The van der Waals surface area contributed by atoms with Crippen molar-refractivity contribution < 1.29 is 9.59 Å². The number of nitrogens with one attached hydrogen (secondary N) is 2. The van der Waals surface area contributed by atoms with Gasteiger partial charge >= 0.3 is 0 Å². The number of hydrogen-bond acceptors (Lipinski definition) is 3. The van der Waals surface area contributed by atoms with Crippen molar-refractivity contribution in [3.8, 4) is 0 Å². The quantitative estimate of drug-likeness (QED) is 0.275. The van der Waals surface area contributed by atoms with Gasteiger partial charge in [-0.1, -0.05) is 66.2 Å². The molecule has 3 aromatic rings. The van der Waals surface area contributed by atoms with E-state index in [2.05, 4.69) is 10.6 Å². The zero-order valence-corrected chi connectivity index (χ0v) is 18.5. The minimum atomic E-state index is -0.254. The van der Waals surface area contributed by atoms with Gasteiger partial charge < -0.3 is 16.4 Å². The largest absolute Gasteiger partial charge is 0.397 e. The van der Waals surface area contributed by atoms with E-state index in [1.165, 1.54) is 6.08 Å². The van der Waals surface area contributed by atoms with Crippen LogP contribution in [0.15, 0.2) is 78.9 Å². The molecule has 5 heteroatoms. The van der Waals surface area contributed by atoms with Crippen LogP contribution in [0.25, 0.3) is 17.7 Å². The number of benzene rings is 3. The molecule has 166 valence electrons. The van der Waals surface area contributed by atoms with Gasteiger partial charge in [0.05, 0.1) is 11.4 Å². The summed E-state index contributed by atoms with van der Waals surface area (Å²) < 4.78 is 0. The number of aryl methyl sites for hydroxylation is 1. The van der Waals surface area contributed by atoms with E-state index in [4.69, 9.17) is 5.73 Å². The molecule has 0 heterocycles. The van der Waals surface area contributed by atoms with Crippen molar-refractivity contribution in [2.75, 3.05) is 11.1 Å². The monoisotopic (exact) mass is 437 g/mol. The molecular weight excluding hydrogens is 410 g/mol. The summed E-state index contributed by atoms with van der Waals surface area (Å²) in [5.74, 6) is -0.308. The number of nitrogen functional groups attached to an aromatic ring is 1. The second-order valence-electron chi connectivity index (χ2n) is 8.25. The van der Waals surface area contributed by atoms with Gasteiger partial charge in [-0.3, -0.25) is 9.59 Å². The van der Waals surface area contributed by atoms with E-state index >= 15 is 0 Å². The van der Waals surface area contributed by atoms with E-state index in [9.17, 15) is 9.59 Å². The molecule has 2 amide bonds. The van der Waals surface area contributed by atoms with Gasteiger partial charge in [-0.2, -0.15) is 0 Å². The first kappa shape index (κ1) is 22.1. The van der Waals surface area contributed by atoms with Crippen LogP contribution in [0.1, 0.15) is 35.1 Å². The first-order valence-corrected chi connectivity index (χ1v) is 11.0. The molecule has 0 radical (unpaired) electrons. The Morgan fingerprint density at radius 2 is 1.58 bits per heavy atom. The standard InChI is InChI=1S/C28H27N3O2/c1-19-6-13-22(14-7-19)24(28(33)30-23-15-16-23)18-21-10-8-20(9-11-21)12-17-27(32)31-26-5-3-2-4-25(26)29/h2-14,17-18,23H,15-16,29H2,1H3,(H,30,33)(H,31,32). The number of hydrogen-bond donors (Lipinski definition) is 3. The van der Waals surface area contributed by atoms with Crippen molar-refractivity contribution in [3.63, 3.8) is 0 Å². The summed E-state index contributed by atoms with van der Waals surface area (Å²) in [5, 5.41) is 5.85. The van der Waals surface area contributed by atoms with Crippen LogP contribution in [-0.4, -0.2) is 17.9 Å². The van der Waals surface area contributed by atoms with Crippen LogP contribution in [-0.2, 0) is 9.59 Å². The Labute approximate surface area is 194 Å². The van der Waals surface area contributed by atoms with Crippen LogP contribution in [0.5, 0.6) is 0 Å². The van der Waals surface area contributed by atoms with Crippen LogP contribution in [0.3, 0.4) is 0 Å². The maximum Gasteiger partial charge on any atom is 0.252 e. The first-order chi connectivity index (χ1) is 16.0. The van der Waals surface area contributed by atoms with Crippen molar-refractivity contribution in [2.45, 2.75) is 25.8 Å². The highest BCUT2D eigenvalue weighted by Crippen LogP contribution is 2.24. The van der Waals surface area contributed by atoms with E-state index in [-0.39, 0.29) is 17.9 Å². The maximum atomic E-state index is 12.9. The first-order valence-electron chi connectivity index (χ1n) is 11.0. The number of para-hydroxylation sites is 2. The normalized spacial score (nSPS) is 13.7. The third kappa shape index (κ3) is 6.20. The van der Waals surface area contributed by atoms with Crippen LogP contribution in [0.2, 0.25) is 0 Å². The molecule has 0 unspecified atom stereocenters. The number of nitrogens with two attached hydrogens (primary N) is 1. The van der Waals surface area contributed by atoms with Gasteiger partial charge in [0.2, 0.25) is 5.91 Å². The second-order valence-corrected chi connectivity index (χ2v) is 8.25. The average Bonchev–Trinajstić information content (AvgIpc) is 3.63. The number of carbonyl (C=O) groups excluding carboxylic acids is 2. The lowest BCUT2D eigenvalue weighted by Crippen LogP contribution is -2.26. The SMILES string of the molecule is Cc1ccc(C(=Cc2ccc(C=CC(=O)Nc3ccccc3N)cc2)C(=O)NC2CC2)cc1. The fraction of sp³-hybridized carbons (Fsp3) is 0.143. The predicted octanol–water partition coefficient (Wildman–Crippen LogP) is 5.05. The Morgan fingerprint density at radius 3 is 2.24 bits per heavy atom. The van der Waals surface area contributed by atoms with Crippen LogP contribution < -0.4 is 16.4 Å². The Hall–Kier alpha value is -4.12. The summed E-state index contributed by atoms with van der Waals surface area (Å²) in [4.78, 5) is 25.0. The molecule has 4 N–H and O–H groups in total. The zero-order chi connectivity index (χ0) is 23.2. The van der Waals surface area contributed by atoms with Crippen molar-refractivity contribution >= 4 is 40.9 Å². The molecule has 4 rings (SSSR count). The minimum absolute atomic E-state index is 0.0535. The topological polar surface area (TPSA) is 84.2 Å². The second kappa shape index (κ2) is 10.0. The Bertz CT molecular complexity index is 1200. The molecule has 0 spiro atoms. The Morgan fingerprint density at radius 1 is 0.909 bits per heavy atom. The van der Waals surface area contributed by atoms with Gasteiger partial charge in [0.15, 0.2) is 0 Å². The van der Waals surface area contributed by atoms with Gasteiger partial charge in [-0.25, -0.2) is 0 Å². The van der Waals surface area contributed by atoms with E-state index in [0.29, 0.717) is 16.9 Å². The summed E-state index contributed by atoms with van der Waals surface area (Å²) in [6, 6.07) is 23.1. The highest BCUT2D eigenvalue weighted by atomic mass is 16.2. The number of rotatable bonds is 7. The molecule has 0 bridgehead atoms. The number of anilines is 2. The Balaban J connectivity index is 1.48. The van der Waals surface area contributed by atoms with Crippen LogP contribution in [0, 0.1) is 6.92 Å². The molecule has 0 aromatic heterocycles. The summed E-state index contributed by atoms with van der Waals surface area (Å²) in [6.45, 7) is 2.03. The molecular formula is C28H27N3O2. The summed E-state index contributed by atoms with van der Waals surface area (Å²) >= 11 is 0. The lowest BCUT2D eigenvalue weighted by atomic mass is 10.00. The van der Waals surface area contributed by atoms with E-state index < -0.39 is 0 Å². The molecule has 3 aromatic carbocycles. The van der Waals surface area contributed by atoms with Gasteiger partial charge in [0, 0.05) is 17.7 Å². The average molecular weight is 438 g/mol. The third-order valence-corrected chi connectivity index (χ3v) is 5.41. The van der Waals surface area contributed by atoms with Crippen molar-refractivity contribution in [3.05, 3.63) is 101 Å². The highest BCUT2D eigenvalue weighted by molar-refractivity contribution is 6.24. The molecule has 1 aliphatic carbocycles. The number of amides is 2. The van der Waals surface area contributed by atoms with Gasteiger partial charge in [0.25, 0.3) is 5.91 Å². The molecule has 1 fully saturated rings. The van der Waals surface area contributed by atoms with E-state index in [1.54, 1.807) is 18.2 Å². The molecule has 5 nitrogen and oxygen atoms in total. The number of carbonyl (C=O) groups is 2.